The van der Waals surface area contributed by atoms with E-state index >= 15 is 0 Å². The maximum absolute atomic E-state index is 10.6. The molecule has 1 atom stereocenters. The van der Waals surface area contributed by atoms with Crippen LogP contribution in [0.15, 0.2) is 18.2 Å². The summed E-state index contributed by atoms with van der Waals surface area (Å²) in [5, 5.41) is 3.25. The van der Waals surface area contributed by atoms with Gasteiger partial charge in [0.05, 0.1) is 0 Å². The molecule has 2 rings (SSSR count). The van der Waals surface area contributed by atoms with Gasteiger partial charge in [0.25, 0.3) is 0 Å². The van der Waals surface area contributed by atoms with Crippen LogP contribution in [0, 0.1) is 6.92 Å². The lowest BCUT2D eigenvalue weighted by molar-refractivity contribution is 0.112. The Labute approximate surface area is 102 Å². The van der Waals surface area contributed by atoms with Gasteiger partial charge in [-0.05, 0) is 43.7 Å². The van der Waals surface area contributed by atoms with Gasteiger partial charge >= 0.3 is 0 Å². The molecule has 0 aromatic heterocycles. The van der Waals surface area contributed by atoms with E-state index in [1.807, 2.05) is 19.1 Å². The summed E-state index contributed by atoms with van der Waals surface area (Å²) >= 11 is 0. The maximum Gasteiger partial charge on any atom is 0.150 e. The van der Waals surface area contributed by atoms with Crippen molar-refractivity contribution in [1.82, 2.24) is 5.32 Å². The fraction of sp³-hybridized carbons (Fsp3) is 0.417. The Balaban J connectivity index is 0.00000128. The van der Waals surface area contributed by atoms with E-state index in [1.165, 1.54) is 0 Å². The Morgan fingerprint density at radius 2 is 2.31 bits per heavy atom. The first-order valence-electron chi connectivity index (χ1n) is 5.23. The second-order valence-corrected chi connectivity index (χ2v) is 3.88. The summed E-state index contributed by atoms with van der Waals surface area (Å²) in [5.74, 6) is 0.884. The van der Waals surface area contributed by atoms with Crippen LogP contribution in [0.25, 0.3) is 0 Å². The van der Waals surface area contributed by atoms with Crippen molar-refractivity contribution in [3.8, 4) is 5.75 Å². The van der Waals surface area contributed by atoms with Crippen LogP contribution in [0.4, 0.5) is 0 Å². The van der Waals surface area contributed by atoms with Crippen molar-refractivity contribution in [2.75, 3.05) is 13.1 Å². The molecule has 0 spiro atoms. The standard InChI is InChI=1S/C12H15NO2.ClH/c1-9-6-10(8-14)2-3-12(9)15-11-4-5-13-7-11;/h2-3,6,8,11,13H,4-5,7H2,1H3;1H. The zero-order valence-corrected chi connectivity index (χ0v) is 10.0. The number of hydrogen-bond donors (Lipinski definition) is 1. The number of halogens is 1. The molecule has 1 saturated heterocycles. The fourth-order valence-electron chi connectivity index (χ4n) is 1.79. The topological polar surface area (TPSA) is 38.3 Å². The number of aryl methyl sites for hydroxylation is 1. The molecule has 1 aliphatic rings. The SMILES string of the molecule is Cc1cc(C=O)ccc1OC1CCNC1.Cl. The third-order valence-corrected chi connectivity index (χ3v) is 2.64. The average molecular weight is 242 g/mol. The highest BCUT2D eigenvalue weighted by atomic mass is 35.5. The number of hydrogen-bond acceptors (Lipinski definition) is 3. The van der Waals surface area contributed by atoms with Crippen molar-refractivity contribution in [3.63, 3.8) is 0 Å². The van der Waals surface area contributed by atoms with Crippen LogP contribution in [0.3, 0.4) is 0 Å². The second kappa shape index (κ2) is 5.87. The predicted molar refractivity (Wildman–Crippen MR) is 65.7 cm³/mol. The van der Waals surface area contributed by atoms with Gasteiger partial charge in [-0.1, -0.05) is 0 Å². The highest BCUT2D eigenvalue weighted by molar-refractivity contribution is 5.85. The van der Waals surface area contributed by atoms with Gasteiger partial charge < -0.3 is 10.1 Å². The molecule has 0 saturated carbocycles. The first-order chi connectivity index (χ1) is 7.29. The van der Waals surface area contributed by atoms with Gasteiger partial charge in [0.1, 0.15) is 18.1 Å². The van der Waals surface area contributed by atoms with Crippen LogP contribution >= 0.6 is 12.4 Å². The van der Waals surface area contributed by atoms with Crippen LogP contribution in [0.5, 0.6) is 5.75 Å². The Bertz CT molecular complexity index is 362. The van der Waals surface area contributed by atoms with E-state index in [9.17, 15) is 4.79 Å². The van der Waals surface area contributed by atoms with Gasteiger partial charge in [0.15, 0.2) is 0 Å². The molecule has 1 aromatic rings. The van der Waals surface area contributed by atoms with Crippen LogP contribution in [0.2, 0.25) is 0 Å². The van der Waals surface area contributed by atoms with E-state index in [2.05, 4.69) is 5.32 Å². The van der Waals surface area contributed by atoms with E-state index in [4.69, 9.17) is 4.74 Å². The number of carbonyl (C=O) groups excluding carboxylic acids is 1. The molecule has 0 aliphatic carbocycles. The maximum atomic E-state index is 10.6. The first kappa shape index (κ1) is 13.0. The van der Waals surface area contributed by atoms with Crippen molar-refractivity contribution in [3.05, 3.63) is 29.3 Å². The van der Waals surface area contributed by atoms with E-state index in [-0.39, 0.29) is 18.5 Å². The Morgan fingerprint density at radius 1 is 1.50 bits per heavy atom. The number of rotatable bonds is 3. The molecule has 1 fully saturated rings. The lowest BCUT2D eigenvalue weighted by Gasteiger charge is -2.14. The zero-order valence-electron chi connectivity index (χ0n) is 9.23. The molecule has 16 heavy (non-hydrogen) atoms. The first-order valence-corrected chi connectivity index (χ1v) is 5.23. The number of ether oxygens (including phenoxy) is 1. The van der Waals surface area contributed by atoms with Crippen LogP contribution < -0.4 is 10.1 Å². The summed E-state index contributed by atoms with van der Waals surface area (Å²) in [4.78, 5) is 10.6. The Hall–Kier alpha value is -1.06. The van der Waals surface area contributed by atoms with E-state index in [0.717, 1.165) is 37.1 Å². The molecule has 0 bridgehead atoms. The largest absolute Gasteiger partial charge is 0.489 e. The molecule has 1 N–H and O–H groups in total. The van der Waals surface area contributed by atoms with Crippen molar-refractivity contribution in [2.24, 2.45) is 0 Å². The summed E-state index contributed by atoms with van der Waals surface area (Å²) in [6.07, 6.45) is 2.17. The normalized spacial score (nSPS) is 18.9. The molecule has 1 aromatic carbocycles. The third kappa shape index (κ3) is 2.97. The molecule has 3 nitrogen and oxygen atoms in total. The van der Waals surface area contributed by atoms with Crippen molar-refractivity contribution in [1.29, 1.82) is 0 Å². The van der Waals surface area contributed by atoms with Crippen molar-refractivity contribution >= 4 is 18.7 Å². The quantitative estimate of drug-likeness (QED) is 0.823. The third-order valence-electron chi connectivity index (χ3n) is 2.64. The van der Waals surface area contributed by atoms with Gasteiger partial charge in [-0.15, -0.1) is 12.4 Å². The molecule has 0 amide bonds. The summed E-state index contributed by atoms with van der Waals surface area (Å²) in [6.45, 7) is 3.90. The van der Waals surface area contributed by atoms with E-state index in [1.54, 1.807) is 6.07 Å². The molecule has 4 heteroatoms. The molecule has 88 valence electrons. The monoisotopic (exact) mass is 241 g/mol. The molecular weight excluding hydrogens is 226 g/mol. The molecule has 0 radical (unpaired) electrons. The van der Waals surface area contributed by atoms with Crippen molar-refractivity contribution < 1.29 is 9.53 Å². The summed E-state index contributed by atoms with van der Waals surface area (Å²) < 4.78 is 5.83. The lowest BCUT2D eigenvalue weighted by Crippen LogP contribution is -2.19. The van der Waals surface area contributed by atoms with Crippen LogP contribution in [-0.4, -0.2) is 25.5 Å². The van der Waals surface area contributed by atoms with Gasteiger partial charge in [-0.2, -0.15) is 0 Å². The van der Waals surface area contributed by atoms with E-state index in [0.29, 0.717) is 5.56 Å². The number of benzene rings is 1. The van der Waals surface area contributed by atoms with Gasteiger partial charge in [0.2, 0.25) is 0 Å². The molecule has 1 unspecified atom stereocenters. The highest BCUT2D eigenvalue weighted by Crippen LogP contribution is 2.21. The minimum atomic E-state index is 0. The minimum absolute atomic E-state index is 0. The zero-order chi connectivity index (χ0) is 10.7. The summed E-state index contributed by atoms with van der Waals surface area (Å²) in [5.41, 5.74) is 1.72. The number of carbonyl (C=O) groups is 1. The number of nitrogens with one attached hydrogen (secondary N) is 1. The Kier molecular flexibility index (Phi) is 4.77. The highest BCUT2D eigenvalue weighted by Gasteiger charge is 2.16. The average Bonchev–Trinajstić information content (AvgIpc) is 2.74. The van der Waals surface area contributed by atoms with Gasteiger partial charge in [-0.3, -0.25) is 4.79 Å². The van der Waals surface area contributed by atoms with Crippen LogP contribution in [0.1, 0.15) is 22.3 Å². The summed E-state index contributed by atoms with van der Waals surface area (Å²) in [7, 11) is 0. The minimum Gasteiger partial charge on any atom is -0.489 e. The number of aldehydes is 1. The van der Waals surface area contributed by atoms with Crippen LogP contribution in [-0.2, 0) is 0 Å². The molecule has 1 aliphatic heterocycles. The fourth-order valence-corrected chi connectivity index (χ4v) is 1.79. The van der Waals surface area contributed by atoms with Crippen molar-refractivity contribution in [2.45, 2.75) is 19.4 Å². The van der Waals surface area contributed by atoms with E-state index < -0.39 is 0 Å². The smallest absolute Gasteiger partial charge is 0.150 e. The summed E-state index contributed by atoms with van der Waals surface area (Å²) in [6, 6.07) is 5.51. The molecular formula is C12H16ClNO2. The lowest BCUT2D eigenvalue weighted by atomic mass is 10.1. The van der Waals surface area contributed by atoms with Gasteiger partial charge in [-0.25, -0.2) is 0 Å². The predicted octanol–water partition coefficient (Wildman–Crippen LogP) is 1.97. The second-order valence-electron chi connectivity index (χ2n) is 3.88. The Morgan fingerprint density at radius 3 is 2.88 bits per heavy atom. The van der Waals surface area contributed by atoms with Gasteiger partial charge in [0, 0.05) is 12.1 Å². The molecule has 1 heterocycles.